The van der Waals surface area contributed by atoms with Gasteiger partial charge in [0.15, 0.2) is 15.7 Å². The van der Waals surface area contributed by atoms with Crippen LogP contribution < -0.4 is 11.1 Å². The van der Waals surface area contributed by atoms with Gasteiger partial charge in [-0.25, -0.2) is 19.6 Å². The van der Waals surface area contributed by atoms with E-state index in [0.717, 1.165) is 28.4 Å². The quantitative estimate of drug-likeness (QED) is 0.0520. The Labute approximate surface area is 261 Å². The van der Waals surface area contributed by atoms with Crippen LogP contribution in [0.3, 0.4) is 0 Å². The highest BCUT2D eigenvalue weighted by atomic mass is 32.2. The summed E-state index contributed by atoms with van der Waals surface area (Å²) in [6, 6.07) is 0.397. The monoisotopic (exact) mass is 667 g/mol. The molecule has 1 saturated heterocycles. The van der Waals surface area contributed by atoms with E-state index in [0.29, 0.717) is 4.34 Å². The topological polar surface area (TPSA) is 236 Å². The molecule has 4 atom stereocenters. The summed E-state index contributed by atoms with van der Waals surface area (Å²) in [7, 11) is 0. The molecule has 2 aliphatic heterocycles. The van der Waals surface area contributed by atoms with Crippen molar-refractivity contribution in [1.29, 1.82) is 0 Å². The highest BCUT2D eigenvalue weighted by Crippen LogP contribution is 2.46. The van der Waals surface area contributed by atoms with Crippen molar-refractivity contribution in [1.82, 2.24) is 30.4 Å². The predicted molar refractivity (Wildman–Crippen MR) is 159 cm³/mol. The third kappa shape index (κ3) is 6.98. The van der Waals surface area contributed by atoms with E-state index < -0.39 is 51.7 Å². The molecular weight excluding hydrogens is 643 g/mol. The predicted octanol–water partition coefficient (Wildman–Crippen LogP) is 1.12. The van der Waals surface area contributed by atoms with E-state index in [-0.39, 0.29) is 41.7 Å². The summed E-state index contributed by atoms with van der Waals surface area (Å²) in [5.74, 6) is -3.85. The average Bonchev–Trinajstić information content (AvgIpc) is 3.50. The molecule has 0 saturated carbocycles. The van der Waals surface area contributed by atoms with Gasteiger partial charge in [0.2, 0.25) is 5.91 Å². The van der Waals surface area contributed by atoms with E-state index in [1.807, 2.05) is 0 Å². The fourth-order valence-electron chi connectivity index (χ4n) is 4.20. The second-order valence-corrected chi connectivity index (χ2v) is 13.1. The summed E-state index contributed by atoms with van der Waals surface area (Å²) in [6.07, 6.45) is 4.34. The molecule has 2 amide bonds. The third-order valence-corrected chi connectivity index (χ3v) is 10.5. The molecule has 5 N–H and O–H groups in total. The molecule has 4 rings (SSSR count). The zero-order valence-electron chi connectivity index (χ0n) is 22.4. The number of aliphatic carboxylic acids is 2. The fourth-order valence-corrected chi connectivity index (χ4v) is 8.64. The lowest BCUT2D eigenvalue weighted by Crippen LogP contribution is -2.72. The SMILES string of the molecule is C=CCON=Nc1ccnc(CC(=O)NC2C(=O)N3C(C(=O)O)=C(C(N)(C(=O)O)C(CSC)Sc4nncs4)CSC23)n1. The summed E-state index contributed by atoms with van der Waals surface area (Å²) in [4.78, 5) is 65.2. The van der Waals surface area contributed by atoms with Gasteiger partial charge < -0.3 is 26.1 Å². The van der Waals surface area contributed by atoms with Gasteiger partial charge in [0.05, 0.1) is 11.7 Å². The van der Waals surface area contributed by atoms with Gasteiger partial charge in [0, 0.05) is 34.6 Å². The Kier molecular flexibility index (Phi) is 10.7. The van der Waals surface area contributed by atoms with E-state index in [4.69, 9.17) is 10.6 Å². The maximum atomic E-state index is 13.2. The van der Waals surface area contributed by atoms with Crippen molar-refractivity contribution in [3.63, 3.8) is 0 Å². The Bertz CT molecular complexity index is 1460. The number of β-lactam (4-membered cyclic amide) rings is 1. The molecule has 4 heterocycles. The number of thioether (sulfide) groups is 3. The van der Waals surface area contributed by atoms with Crippen LogP contribution in [0.25, 0.3) is 0 Å². The minimum atomic E-state index is -2.16. The van der Waals surface area contributed by atoms with Crippen LogP contribution in [0.1, 0.15) is 5.82 Å². The number of hydrogen-bond donors (Lipinski definition) is 4. The summed E-state index contributed by atoms with van der Waals surface area (Å²) in [5.41, 5.74) is 5.28. The zero-order valence-corrected chi connectivity index (χ0v) is 25.6. The normalized spacial score (nSPS) is 20.1. The van der Waals surface area contributed by atoms with Gasteiger partial charge in [-0.1, -0.05) is 40.9 Å². The molecule has 0 spiro atoms. The number of carbonyl (C=O) groups excluding carboxylic acids is 2. The molecule has 0 bridgehead atoms. The zero-order chi connectivity index (χ0) is 31.1. The summed E-state index contributed by atoms with van der Waals surface area (Å²) in [5, 5.41) is 36.4. The number of amides is 2. The maximum absolute atomic E-state index is 13.2. The van der Waals surface area contributed by atoms with Crippen molar-refractivity contribution < 1.29 is 34.2 Å². The van der Waals surface area contributed by atoms with Crippen molar-refractivity contribution in [2.75, 3.05) is 24.4 Å². The van der Waals surface area contributed by atoms with Gasteiger partial charge in [-0.3, -0.25) is 14.5 Å². The Balaban J connectivity index is 1.53. The summed E-state index contributed by atoms with van der Waals surface area (Å²) >= 11 is 4.73. The van der Waals surface area contributed by atoms with Crippen LogP contribution >= 0.6 is 46.6 Å². The molecule has 16 nitrogen and oxygen atoms in total. The highest BCUT2D eigenvalue weighted by Gasteiger charge is 2.58. The molecule has 2 aromatic heterocycles. The van der Waals surface area contributed by atoms with Crippen molar-refractivity contribution in [2.45, 2.75) is 33.0 Å². The first-order chi connectivity index (χ1) is 20.6. The van der Waals surface area contributed by atoms with E-state index in [2.05, 4.69) is 42.5 Å². The number of carboxylic acids is 2. The van der Waals surface area contributed by atoms with Crippen LogP contribution in [0.2, 0.25) is 0 Å². The molecule has 0 radical (unpaired) electrons. The standard InChI is InChI=1S/C23H25N9O7S4/c1-3-6-39-31-29-13-4-5-25-14(27-13)7-15(33)28-16-18(34)32-17(20(35)36)11(8-41-19(16)32)23(24,21(37)38)12(9-40-2)43-22-30-26-10-42-22/h3-5,10,12,16,19H,1,6-9,24H2,2H3,(H,28,33)(H,35,36)(H,37,38). The molecule has 0 aromatic carbocycles. The fraction of sp³-hybridized carbons (Fsp3) is 0.391. The number of fused-ring (bicyclic) bond motifs is 1. The van der Waals surface area contributed by atoms with Crippen molar-refractivity contribution in [3.8, 4) is 0 Å². The molecule has 2 aliphatic rings. The average molecular weight is 668 g/mol. The van der Waals surface area contributed by atoms with Gasteiger partial charge in [-0.05, 0) is 6.26 Å². The number of carboxylic acid groups (broad SMARTS) is 2. The van der Waals surface area contributed by atoms with Crippen LogP contribution in [0.15, 0.2) is 56.4 Å². The van der Waals surface area contributed by atoms with Gasteiger partial charge >= 0.3 is 11.9 Å². The third-order valence-electron chi connectivity index (χ3n) is 6.15. The highest BCUT2D eigenvalue weighted by molar-refractivity contribution is 8.04. The van der Waals surface area contributed by atoms with E-state index in [1.165, 1.54) is 46.9 Å². The van der Waals surface area contributed by atoms with E-state index >= 15 is 0 Å². The largest absolute Gasteiger partial charge is 0.480 e. The van der Waals surface area contributed by atoms with Gasteiger partial charge in [0.1, 0.15) is 35.1 Å². The number of hydrogen-bond acceptors (Lipinski definition) is 16. The number of nitrogens with one attached hydrogen (secondary N) is 1. The second kappa shape index (κ2) is 14.3. The van der Waals surface area contributed by atoms with Crippen molar-refractivity contribution >= 4 is 76.2 Å². The first kappa shape index (κ1) is 32.3. The first-order valence-electron chi connectivity index (χ1n) is 12.2. The first-order valence-corrected chi connectivity index (χ1v) is 16.4. The van der Waals surface area contributed by atoms with Crippen LogP contribution in [0, 0.1) is 0 Å². The molecule has 20 heteroatoms. The van der Waals surface area contributed by atoms with Crippen molar-refractivity contribution in [2.24, 2.45) is 16.1 Å². The number of nitrogens with two attached hydrogens (primary N) is 1. The number of rotatable bonds is 15. The molecule has 0 aliphatic carbocycles. The number of carbonyl (C=O) groups is 4. The van der Waals surface area contributed by atoms with Crippen molar-refractivity contribution in [3.05, 3.63) is 47.5 Å². The molecular formula is C23H25N9O7S4. The number of aromatic nitrogens is 4. The minimum Gasteiger partial charge on any atom is -0.480 e. The lowest BCUT2D eigenvalue weighted by atomic mass is 9.85. The van der Waals surface area contributed by atoms with Crippen LogP contribution in [0.4, 0.5) is 5.82 Å². The van der Waals surface area contributed by atoms with E-state index in [1.54, 1.807) is 6.26 Å². The minimum absolute atomic E-state index is 0.100. The lowest BCUT2D eigenvalue weighted by molar-refractivity contribution is -0.151. The van der Waals surface area contributed by atoms with E-state index in [9.17, 15) is 29.4 Å². The lowest BCUT2D eigenvalue weighted by Gasteiger charge is -2.51. The number of nitrogens with zero attached hydrogens (tertiary/aromatic N) is 7. The van der Waals surface area contributed by atoms with Gasteiger partial charge in [-0.2, -0.15) is 11.8 Å². The second-order valence-electron chi connectivity index (χ2n) is 8.80. The van der Waals surface area contributed by atoms with Crippen LogP contribution in [-0.4, -0.2) is 106 Å². The molecule has 43 heavy (non-hydrogen) atoms. The Hall–Kier alpha value is -3.59. The Morgan fingerprint density at radius 2 is 2.21 bits per heavy atom. The van der Waals surface area contributed by atoms with Gasteiger partial charge in [0.25, 0.3) is 5.91 Å². The Morgan fingerprint density at radius 1 is 1.42 bits per heavy atom. The summed E-state index contributed by atoms with van der Waals surface area (Å²) < 4.78 is 0.468. The maximum Gasteiger partial charge on any atom is 0.352 e. The molecule has 2 aromatic rings. The molecule has 228 valence electrons. The molecule has 1 fully saturated rings. The smallest absolute Gasteiger partial charge is 0.352 e. The van der Waals surface area contributed by atoms with Crippen LogP contribution in [0.5, 0.6) is 0 Å². The molecule has 4 unspecified atom stereocenters. The van der Waals surface area contributed by atoms with Gasteiger partial charge in [-0.15, -0.1) is 22.0 Å². The Morgan fingerprint density at radius 3 is 2.86 bits per heavy atom. The summed E-state index contributed by atoms with van der Waals surface area (Å²) in [6.45, 7) is 3.64. The van der Waals surface area contributed by atoms with Crippen LogP contribution in [-0.2, 0) is 30.4 Å².